The van der Waals surface area contributed by atoms with Gasteiger partial charge in [0.2, 0.25) is 17.7 Å². The predicted molar refractivity (Wildman–Crippen MR) is 208 cm³/mol. The number of nitrogens with two attached hydrogens (primary N) is 1. The third-order valence-electron chi connectivity index (χ3n) is 7.70. The molecule has 4 amide bonds. The molecule has 0 aliphatic heterocycles. The highest BCUT2D eigenvalue weighted by Gasteiger charge is 2.34. The summed E-state index contributed by atoms with van der Waals surface area (Å²) < 4.78 is 22.1. The summed E-state index contributed by atoms with van der Waals surface area (Å²) in [5.74, 6) is -2.17. The standard InChI is InChI=1S/C39H50N6O9S/c1-25(52-23-26-10-8-7-9-11-26)34(37(49)53-24-27-12-14-28(15-13-27)44-45-29-16-18-30(51-5)19-17-29)43-36(48)32(22-33(40)46)41-35(47)31(20-21-55-6)42-38(50)54-39(2,3)4/h7-19,25,31-32,34H,20-24H2,1-6H3,(H2,40,46)(H,41,47)(H,42,50)(H,43,48)/t25-,31+,32+,34+/m1/s1. The number of esters is 1. The van der Waals surface area contributed by atoms with E-state index in [1.807, 2.05) is 36.6 Å². The first kappa shape index (κ1) is 43.9. The van der Waals surface area contributed by atoms with Gasteiger partial charge in [-0.25, -0.2) is 9.59 Å². The molecular weight excluding hydrogens is 729 g/mol. The van der Waals surface area contributed by atoms with Crippen LogP contribution in [0, 0.1) is 0 Å². The number of azo groups is 1. The Kier molecular flexibility index (Phi) is 17.6. The van der Waals surface area contributed by atoms with Crippen molar-refractivity contribution in [3.05, 3.63) is 90.0 Å². The van der Waals surface area contributed by atoms with Crippen molar-refractivity contribution in [3.63, 3.8) is 0 Å². The van der Waals surface area contributed by atoms with Crippen LogP contribution in [0.1, 0.15) is 51.7 Å². The highest BCUT2D eigenvalue weighted by Crippen LogP contribution is 2.22. The fourth-order valence-corrected chi connectivity index (χ4v) is 5.30. The van der Waals surface area contributed by atoms with Gasteiger partial charge < -0.3 is 40.6 Å². The molecule has 15 nitrogen and oxygen atoms in total. The Morgan fingerprint density at radius 1 is 0.782 bits per heavy atom. The summed E-state index contributed by atoms with van der Waals surface area (Å²) in [7, 11) is 1.58. The second-order valence-electron chi connectivity index (χ2n) is 13.4. The van der Waals surface area contributed by atoms with E-state index in [9.17, 15) is 24.0 Å². The minimum absolute atomic E-state index is 0.114. The lowest BCUT2D eigenvalue weighted by Crippen LogP contribution is -2.58. The molecule has 5 N–H and O–H groups in total. The van der Waals surface area contributed by atoms with Crippen molar-refractivity contribution in [1.82, 2.24) is 16.0 Å². The van der Waals surface area contributed by atoms with Crippen LogP contribution in [0.4, 0.5) is 16.2 Å². The Morgan fingerprint density at radius 3 is 1.93 bits per heavy atom. The number of hydrogen-bond donors (Lipinski definition) is 4. The summed E-state index contributed by atoms with van der Waals surface area (Å²) in [6.07, 6.45) is -0.320. The van der Waals surface area contributed by atoms with Crippen LogP contribution in [0.15, 0.2) is 89.1 Å². The van der Waals surface area contributed by atoms with E-state index in [4.69, 9.17) is 24.7 Å². The van der Waals surface area contributed by atoms with Gasteiger partial charge in [-0.1, -0.05) is 42.5 Å². The molecule has 0 saturated carbocycles. The lowest BCUT2D eigenvalue weighted by atomic mass is 10.1. The van der Waals surface area contributed by atoms with Crippen molar-refractivity contribution in [1.29, 1.82) is 0 Å². The summed E-state index contributed by atoms with van der Waals surface area (Å²) in [5.41, 5.74) is 7.30. The Morgan fingerprint density at radius 2 is 1.36 bits per heavy atom. The van der Waals surface area contributed by atoms with Gasteiger partial charge in [0, 0.05) is 0 Å². The van der Waals surface area contributed by atoms with Gasteiger partial charge in [-0.15, -0.1) is 0 Å². The van der Waals surface area contributed by atoms with Crippen molar-refractivity contribution < 1.29 is 42.9 Å². The average Bonchev–Trinajstić information content (AvgIpc) is 3.15. The topological polar surface area (TPSA) is 209 Å². The molecule has 4 atom stereocenters. The smallest absolute Gasteiger partial charge is 0.408 e. The van der Waals surface area contributed by atoms with E-state index in [0.29, 0.717) is 28.4 Å². The first-order chi connectivity index (χ1) is 26.2. The molecule has 0 aliphatic rings. The molecule has 0 aromatic heterocycles. The van der Waals surface area contributed by atoms with Gasteiger partial charge in [-0.3, -0.25) is 14.4 Å². The highest BCUT2D eigenvalue weighted by atomic mass is 32.2. The second kappa shape index (κ2) is 22.0. The van der Waals surface area contributed by atoms with E-state index in [1.165, 1.54) is 11.8 Å². The molecule has 0 radical (unpaired) electrons. The first-order valence-electron chi connectivity index (χ1n) is 17.5. The quantitative estimate of drug-likeness (QED) is 0.0865. The first-order valence-corrected chi connectivity index (χ1v) is 18.9. The van der Waals surface area contributed by atoms with Gasteiger partial charge in [0.25, 0.3) is 0 Å². The molecule has 0 saturated heterocycles. The summed E-state index contributed by atoms with van der Waals surface area (Å²) in [4.78, 5) is 65.3. The number of benzene rings is 3. The van der Waals surface area contributed by atoms with Crippen molar-refractivity contribution in [2.24, 2.45) is 16.0 Å². The number of carbonyl (C=O) groups excluding carboxylic acids is 5. The molecule has 16 heteroatoms. The minimum Gasteiger partial charge on any atom is -0.497 e. The number of ether oxygens (including phenoxy) is 4. The number of rotatable bonds is 20. The van der Waals surface area contributed by atoms with Crippen LogP contribution in [0.25, 0.3) is 0 Å². The van der Waals surface area contributed by atoms with Crippen LogP contribution in [0.3, 0.4) is 0 Å². The number of alkyl carbamates (subject to hydrolysis) is 1. The van der Waals surface area contributed by atoms with E-state index in [0.717, 1.165) is 5.56 Å². The molecule has 3 aromatic rings. The number of hydrogen-bond acceptors (Lipinski definition) is 12. The molecule has 0 bridgehead atoms. The second-order valence-corrected chi connectivity index (χ2v) is 14.4. The maximum absolute atomic E-state index is 13.7. The van der Waals surface area contributed by atoms with Crippen molar-refractivity contribution in [2.45, 2.75) is 83.6 Å². The van der Waals surface area contributed by atoms with Crippen LogP contribution in [-0.4, -0.2) is 78.7 Å². The number of amides is 4. The molecule has 0 fully saturated rings. The van der Waals surface area contributed by atoms with Crippen LogP contribution in [-0.2, 0) is 46.6 Å². The molecule has 0 spiro atoms. The highest BCUT2D eigenvalue weighted by molar-refractivity contribution is 7.98. The molecule has 296 valence electrons. The van der Waals surface area contributed by atoms with Gasteiger partial charge in [0.1, 0.15) is 30.0 Å². The van der Waals surface area contributed by atoms with Crippen molar-refractivity contribution >= 4 is 52.9 Å². The Balaban J connectivity index is 1.75. The lowest BCUT2D eigenvalue weighted by molar-refractivity contribution is -0.154. The number of primary amides is 1. The van der Waals surface area contributed by atoms with Crippen LogP contribution >= 0.6 is 11.8 Å². The number of methoxy groups -OCH3 is 1. The van der Waals surface area contributed by atoms with Gasteiger partial charge >= 0.3 is 12.1 Å². The Bertz CT molecular complexity index is 1740. The molecule has 0 unspecified atom stereocenters. The molecule has 55 heavy (non-hydrogen) atoms. The lowest BCUT2D eigenvalue weighted by Gasteiger charge is -2.27. The SMILES string of the molecule is COc1ccc(N=Nc2ccc(COC(=O)[C@@H](NC(=O)[C@H](CC(N)=O)NC(=O)[C@H](CCSC)NC(=O)OC(C)(C)C)[C@@H](C)OCc3ccccc3)cc2)cc1. The average molecular weight is 779 g/mol. The Hall–Kier alpha value is -5.48. The summed E-state index contributed by atoms with van der Waals surface area (Å²) in [5, 5.41) is 16.1. The van der Waals surface area contributed by atoms with Crippen LogP contribution < -0.4 is 26.4 Å². The van der Waals surface area contributed by atoms with Gasteiger partial charge in [0.15, 0.2) is 6.04 Å². The third-order valence-corrected chi connectivity index (χ3v) is 8.35. The van der Waals surface area contributed by atoms with E-state index in [2.05, 4.69) is 26.2 Å². The minimum atomic E-state index is -1.50. The maximum atomic E-state index is 13.7. The largest absolute Gasteiger partial charge is 0.497 e. The van der Waals surface area contributed by atoms with E-state index >= 15 is 0 Å². The summed E-state index contributed by atoms with van der Waals surface area (Å²) in [6.45, 7) is 6.58. The van der Waals surface area contributed by atoms with Gasteiger partial charge in [-0.05, 0) is 93.6 Å². The van der Waals surface area contributed by atoms with Gasteiger partial charge in [-0.2, -0.15) is 22.0 Å². The fraction of sp³-hybridized carbons (Fsp3) is 0.410. The third kappa shape index (κ3) is 16.2. The summed E-state index contributed by atoms with van der Waals surface area (Å²) in [6, 6.07) is 19.2. The number of thioether (sulfide) groups is 1. The zero-order valence-electron chi connectivity index (χ0n) is 31.9. The Labute approximate surface area is 325 Å². The zero-order chi connectivity index (χ0) is 40.4. The predicted octanol–water partition coefficient (Wildman–Crippen LogP) is 5.25. The summed E-state index contributed by atoms with van der Waals surface area (Å²) >= 11 is 1.44. The van der Waals surface area contributed by atoms with Crippen LogP contribution in [0.2, 0.25) is 0 Å². The number of nitrogens with one attached hydrogen (secondary N) is 3. The van der Waals surface area contributed by atoms with Crippen LogP contribution in [0.5, 0.6) is 5.75 Å². The van der Waals surface area contributed by atoms with Gasteiger partial charge in [0.05, 0.1) is 37.6 Å². The van der Waals surface area contributed by atoms with Crippen molar-refractivity contribution in [2.75, 3.05) is 19.1 Å². The molecule has 0 aliphatic carbocycles. The normalized spacial score (nSPS) is 13.5. The maximum Gasteiger partial charge on any atom is 0.408 e. The number of carbonyl (C=O) groups is 5. The van der Waals surface area contributed by atoms with Crippen molar-refractivity contribution in [3.8, 4) is 5.75 Å². The monoisotopic (exact) mass is 778 g/mol. The van der Waals surface area contributed by atoms with E-state index in [1.54, 1.807) is 83.3 Å². The fourth-order valence-electron chi connectivity index (χ4n) is 4.82. The van der Waals surface area contributed by atoms with E-state index < -0.39 is 66.0 Å². The molecule has 3 rings (SSSR count). The molecular formula is C39H50N6O9S. The van der Waals surface area contributed by atoms with E-state index in [-0.39, 0.29) is 19.6 Å². The zero-order valence-corrected chi connectivity index (χ0v) is 32.7. The molecule has 0 heterocycles. The number of nitrogens with zero attached hydrogens (tertiary/aromatic N) is 2. The molecule has 3 aromatic carbocycles.